The number of carbonyl (C=O) groups is 1. The van der Waals surface area contributed by atoms with Crippen LogP contribution in [-0.4, -0.2) is 32.9 Å². The van der Waals surface area contributed by atoms with Crippen LogP contribution >= 0.6 is 11.8 Å². The lowest BCUT2D eigenvalue weighted by Gasteiger charge is -2.28. The molecule has 0 aliphatic rings. The molecule has 25 heavy (non-hydrogen) atoms. The number of carbonyl (C=O) groups excluding carboxylic acids is 1. The van der Waals surface area contributed by atoms with Gasteiger partial charge in [-0.05, 0) is 56.0 Å². The fourth-order valence-electron chi connectivity index (χ4n) is 2.52. The summed E-state index contributed by atoms with van der Waals surface area (Å²) < 4.78 is 25.7. The van der Waals surface area contributed by atoms with Gasteiger partial charge in [0.2, 0.25) is 15.9 Å². The molecule has 0 aromatic heterocycles. The van der Waals surface area contributed by atoms with Gasteiger partial charge in [0.1, 0.15) is 6.04 Å². The van der Waals surface area contributed by atoms with Crippen molar-refractivity contribution in [1.29, 1.82) is 0 Å². The lowest BCUT2D eigenvalue weighted by molar-refractivity contribution is -0.116. The van der Waals surface area contributed by atoms with Crippen molar-refractivity contribution in [3.63, 3.8) is 0 Å². The molecule has 0 heterocycles. The molecule has 5 nitrogen and oxygen atoms in total. The van der Waals surface area contributed by atoms with Crippen molar-refractivity contribution in [1.82, 2.24) is 0 Å². The number of anilines is 2. The molecule has 0 bridgehead atoms. The number of sulfonamides is 1. The van der Waals surface area contributed by atoms with E-state index in [4.69, 9.17) is 0 Å². The van der Waals surface area contributed by atoms with Crippen molar-refractivity contribution >= 4 is 39.1 Å². The molecule has 0 spiro atoms. The Morgan fingerprint density at radius 1 is 1.16 bits per heavy atom. The van der Waals surface area contributed by atoms with Crippen molar-refractivity contribution < 1.29 is 13.2 Å². The van der Waals surface area contributed by atoms with Gasteiger partial charge in [-0.2, -0.15) is 0 Å². The van der Waals surface area contributed by atoms with Crippen LogP contribution in [0.15, 0.2) is 53.4 Å². The molecular weight excluding hydrogens is 356 g/mol. The van der Waals surface area contributed by atoms with Gasteiger partial charge in [-0.25, -0.2) is 8.42 Å². The van der Waals surface area contributed by atoms with E-state index >= 15 is 0 Å². The molecule has 2 aromatic rings. The van der Waals surface area contributed by atoms with E-state index in [0.29, 0.717) is 11.4 Å². The highest BCUT2D eigenvalue weighted by atomic mass is 32.2. The van der Waals surface area contributed by atoms with Crippen molar-refractivity contribution in [3.05, 3.63) is 54.1 Å². The van der Waals surface area contributed by atoms with E-state index in [9.17, 15) is 13.2 Å². The number of benzene rings is 2. The van der Waals surface area contributed by atoms with Crippen LogP contribution in [-0.2, 0) is 14.8 Å². The standard InChI is InChI=1S/C18H22N2O3S2/c1-13-7-5-9-16(11-13)20(25(4,22)23)14(2)18(21)19-15-8-6-10-17(12-15)24-3/h5-12,14H,1-4H3,(H,19,21)/t14-/m0/s1. The number of nitrogens with zero attached hydrogens (tertiary/aromatic N) is 1. The molecule has 7 heteroatoms. The van der Waals surface area contributed by atoms with Gasteiger partial charge in [0.15, 0.2) is 0 Å². The lowest BCUT2D eigenvalue weighted by atomic mass is 10.2. The minimum Gasteiger partial charge on any atom is -0.324 e. The number of thioether (sulfide) groups is 1. The van der Waals surface area contributed by atoms with Gasteiger partial charge in [0.25, 0.3) is 0 Å². The molecule has 0 unspecified atom stereocenters. The molecule has 0 aliphatic carbocycles. The first-order chi connectivity index (χ1) is 11.7. The Morgan fingerprint density at radius 3 is 2.44 bits per heavy atom. The Morgan fingerprint density at radius 2 is 1.84 bits per heavy atom. The fourth-order valence-corrected chi connectivity index (χ4v) is 4.15. The number of hydrogen-bond acceptors (Lipinski definition) is 4. The van der Waals surface area contributed by atoms with Crippen LogP contribution in [0.3, 0.4) is 0 Å². The Bertz CT molecular complexity index is 866. The summed E-state index contributed by atoms with van der Waals surface area (Å²) in [4.78, 5) is 13.7. The second-order valence-corrected chi connectivity index (χ2v) is 8.53. The predicted molar refractivity (Wildman–Crippen MR) is 105 cm³/mol. The minimum atomic E-state index is -3.62. The lowest BCUT2D eigenvalue weighted by Crippen LogP contribution is -2.45. The van der Waals surface area contributed by atoms with E-state index < -0.39 is 16.1 Å². The van der Waals surface area contributed by atoms with Crippen LogP contribution < -0.4 is 9.62 Å². The van der Waals surface area contributed by atoms with Crippen molar-refractivity contribution in [2.75, 3.05) is 22.1 Å². The first-order valence-corrected chi connectivity index (χ1v) is 10.8. The van der Waals surface area contributed by atoms with E-state index in [1.165, 1.54) is 0 Å². The third-order valence-corrected chi connectivity index (χ3v) is 5.65. The predicted octanol–water partition coefficient (Wildman–Crippen LogP) is 3.51. The first-order valence-electron chi connectivity index (χ1n) is 7.73. The molecule has 0 aliphatic heterocycles. The van der Waals surface area contributed by atoms with Crippen LogP contribution in [0.1, 0.15) is 12.5 Å². The molecule has 1 N–H and O–H groups in total. The topological polar surface area (TPSA) is 66.5 Å². The summed E-state index contributed by atoms with van der Waals surface area (Å²) in [5.41, 5.74) is 2.04. The highest BCUT2D eigenvalue weighted by Gasteiger charge is 2.29. The molecule has 0 radical (unpaired) electrons. The Hall–Kier alpha value is -1.99. The quantitative estimate of drug-likeness (QED) is 0.781. The number of aryl methyl sites for hydroxylation is 1. The molecule has 2 aromatic carbocycles. The molecular formula is C18H22N2O3S2. The fraction of sp³-hybridized carbons (Fsp3) is 0.278. The maximum Gasteiger partial charge on any atom is 0.247 e. The van der Waals surface area contributed by atoms with Crippen LogP contribution in [0.5, 0.6) is 0 Å². The van der Waals surface area contributed by atoms with Gasteiger partial charge in [-0.3, -0.25) is 9.10 Å². The summed E-state index contributed by atoms with van der Waals surface area (Å²) in [6, 6.07) is 13.6. The number of nitrogens with one attached hydrogen (secondary N) is 1. The highest BCUT2D eigenvalue weighted by Crippen LogP contribution is 2.23. The normalized spacial score (nSPS) is 12.5. The number of amides is 1. The monoisotopic (exact) mass is 378 g/mol. The van der Waals surface area contributed by atoms with Gasteiger partial charge < -0.3 is 5.32 Å². The highest BCUT2D eigenvalue weighted by molar-refractivity contribution is 7.98. The zero-order valence-corrected chi connectivity index (χ0v) is 16.3. The maximum absolute atomic E-state index is 12.6. The summed E-state index contributed by atoms with van der Waals surface area (Å²) in [5, 5.41) is 2.79. The number of hydrogen-bond donors (Lipinski definition) is 1. The van der Waals surface area contributed by atoms with E-state index in [-0.39, 0.29) is 5.91 Å². The van der Waals surface area contributed by atoms with Crippen molar-refractivity contribution in [2.24, 2.45) is 0 Å². The third-order valence-electron chi connectivity index (χ3n) is 3.68. The molecule has 0 fully saturated rings. The van der Waals surface area contributed by atoms with Crippen LogP contribution in [0, 0.1) is 6.92 Å². The van der Waals surface area contributed by atoms with E-state index in [0.717, 1.165) is 21.0 Å². The maximum atomic E-state index is 12.6. The molecule has 2 rings (SSSR count). The Labute approximate surface area is 153 Å². The van der Waals surface area contributed by atoms with Crippen LogP contribution in [0.4, 0.5) is 11.4 Å². The average molecular weight is 379 g/mol. The van der Waals surface area contributed by atoms with Crippen molar-refractivity contribution in [3.8, 4) is 0 Å². The molecule has 0 saturated heterocycles. The minimum absolute atomic E-state index is 0.384. The second kappa shape index (κ2) is 7.93. The summed E-state index contributed by atoms with van der Waals surface area (Å²) in [6.45, 7) is 3.46. The average Bonchev–Trinajstić information content (AvgIpc) is 2.53. The van der Waals surface area contributed by atoms with Gasteiger partial charge in [0.05, 0.1) is 11.9 Å². The van der Waals surface area contributed by atoms with E-state index in [2.05, 4.69) is 5.32 Å². The SMILES string of the molecule is CSc1cccc(NC(=O)[C@H](C)N(c2cccc(C)c2)S(C)(=O)=O)c1. The summed E-state index contributed by atoms with van der Waals surface area (Å²) >= 11 is 1.57. The van der Waals surface area contributed by atoms with E-state index in [1.54, 1.807) is 43.0 Å². The Kier molecular flexibility index (Phi) is 6.13. The van der Waals surface area contributed by atoms with Crippen LogP contribution in [0.25, 0.3) is 0 Å². The van der Waals surface area contributed by atoms with Gasteiger partial charge in [-0.15, -0.1) is 11.8 Å². The molecule has 1 amide bonds. The number of rotatable bonds is 6. The van der Waals surface area contributed by atoms with Crippen LogP contribution in [0.2, 0.25) is 0 Å². The smallest absolute Gasteiger partial charge is 0.247 e. The van der Waals surface area contributed by atoms with Gasteiger partial charge in [-0.1, -0.05) is 18.2 Å². The zero-order chi connectivity index (χ0) is 18.6. The first kappa shape index (κ1) is 19.3. The van der Waals surface area contributed by atoms with Gasteiger partial charge in [0, 0.05) is 10.6 Å². The van der Waals surface area contributed by atoms with Crippen molar-refractivity contribution in [2.45, 2.75) is 24.8 Å². The summed E-state index contributed by atoms with van der Waals surface area (Å²) in [6.07, 6.45) is 3.06. The second-order valence-electron chi connectivity index (χ2n) is 5.79. The zero-order valence-electron chi connectivity index (χ0n) is 14.7. The Balaban J connectivity index is 2.30. The van der Waals surface area contributed by atoms with E-state index in [1.807, 2.05) is 37.4 Å². The largest absolute Gasteiger partial charge is 0.324 e. The molecule has 134 valence electrons. The molecule has 0 saturated carbocycles. The van der Waals surface area contributed by atoms with Gasteiger partial charge >= 0.3 is 0 Å². The molecule has 1 atom stereocenters. The summed E-state index contributed by atoms with van der Waals surface area (Å²) in [5.74, 6) is -0.384. The summed E-state index contributed by atoms with van der Waals surface area (Å²) in [7, 11) is -3.62. The third kappa shape index (κ3) is 4.99.